The van der Waals surface area contributed by atoms with Crippen molar-refractivity contribution >= 4 is 5.69 Å². The molecule has 0 atom stereocenters. The minimum atomic E-state index is -0.0357. The average molecular weight is 276 g/mol. The zero-order chi connectivity index (χ0) is 14.1. The Morgan fingerprint density at radius 2 is 2.15 bits per heavy atom. The van der Waals surface area contributed by atoms with Crippen LogP contribution in [0.25, 0.3) is 0 Å². The van der Waals surface area contributed by atoms with E-state index in [-0.39, 0.29) is 11.6 Å². The standard InChI is InChI=1S/C16H24N2O2/c1-2-3-6-20-14-8-13(9-14)18-10-12(11-4-5-11)7-15(17)16(18)19/h7,10-11,13-14H,2-6,8-9,17H2,1H3. The van der Waals surface area contributed by atoms with Crippen molar-refractivity contribution in [2.45, 2.75) is 63.5 Å². The quantitative estimate of drug-likeness (QED) is 0.813. The summed E-state index contributed by atoms with van der Waals surface area (Å²) in [6.45, 7) is 3.01. The minimum absolute atomic E-state index is 0.0357. The first-order chi connectivity index (χ1) is 9.69. The van der Waals surface area contributed by atoms with E-state index in [1.165, 1.54) is 18.4 Å². The van der Waals surface area contributed by atoms with Crippen LogP contribution in [-0.4, -0.2) is 17.3 Å². The summed E-state index contributed by atoms with van der Waals surface area (Å²) >= 11 is 0. The Morgan fingerprint density at radius 3 is 2.80 bits per heavy atom. The zero-order valence-corrected chi connectivity index (χ0v) is 12.2. The van der Waals surface area contributed by atoms with Crippen LogP contribution in [0.3, 0.4) is 0 Å². The van der Waals surface area contributed by atoms with Crippen LogP contribution in [0.2, 0.25) is 0 Å². The first-order valence-corrected chi connectivity index (χ1v) is 7.82. The number of ether oxygens (including phenoxy) is 1. The van der Waals surface area contributed by atoms with E-state index in [2.05, 4.69) is 6.92 Å². The predicted octanol–water partition coefficient (Wildman–Crippen LogP) is 2.83. The molecule has 0 aliphatic heterocycles. The summed E-state index contributed by atoms with van der Waals surface area (Å²) in [6, 6.07) is 2.14. The molecule has 0 bridgehead atoms. The molecule has 4 heteroatoms. The van der Waals surface area contributed by atoms with Crippen molar-refractivity contribution in [3.8, 4) is 0 Å². The molecule has 2 aliphatic carbocycles. The largest absolute Gasteiger partial charge is 0.394 e. The van der Waals surface area contributed by atoms with Crippen LogP contribution in [0.1, 0.15) is 63.0 Å². The molecule has 0 radical (unpaired) electrons. The van der Waals surface area contributed by atoms with Gasteiger partial charge in [-0.3, -0.25) is 4.79 Å². The van der Waals surface area contributed by atoms with Gasteiger partial charge in [0.1, 0.15) is 0 Å². The van der Waals surface area contributed by atoms with E-state index in [1.807, 2.05) is 16.8 Å². The SMILES string of the molecule is CCCCOC1CC(n2cc(C3CC3)cc(N)c2=O)C1. The Balaban J connectivity index is 1.65. The van der Waals surface area contributed by atoms with Crippen LogP contribution in [0.4, 0.5) is 5.69 Å². The van der Waals surface area contributed by atoms with E-state index in [1.54, 1.807) is 0 Å². The molecule has 0 spiro atoms. The third-order valence-corrected chi connectivity index (χ3v) is 4.46. The van der Waals surface area contributed by atoms with E-state index in [9.17, 15) is 4.79 Å². The normalized spacial score (nSPS) is 25.4. The van der Waals surface area contributed by atoms with Crippen molar-refractivity contribution in [3.63, 3.8) is 0 Å². The molecule has 0 amide bonds. The second-order valence-corrected chi connectivity index (χ2v) is 6.19. The van der Waals surface area contributed by atoms with Crippen LogP contribution in [-0.2, 0) is 4.74 Å². The average Bonchev–Trinajstić information content (AvgIpc) is 3.20. The van der Waals surface area contributed by atoms with Crippen LogP contribution in [0, 0.1) is 0 Å². The summed E-state index contributed by atoms with van der Waals surface area (Å²) in [5.74, 6) is 0.626. The smallest absolute Gasteiger partial charge is 0.273 e. The summed E-state index contributed by atoms with van der Waals surface area (Å²) in [7, 11) is 0. The molecule has 0 unspecified atom stereocenters. The summed E-state index contributed by atoms with van der Waals surface area (Å²) in [5, 5.41) is 0. The van der Waals surface area contributed by atoms with Gasteiger partial charge < -0.3 is 15.0 Å². The molecule has 4 nitrogen and oxygen atoms in total. The van der Waals surface area contributed by atoms with E-state index >= 15 is 0 Å². The summed E-state index contributed by atoms with van der Waals surface area (Å²) in [4.78, 5) is 12.2. The van der Waals surface area contributed by atoms with Gasteiger partial charge in [0.05, 0.1) is 11.8 Å². The van der Waals surface area contributed by atoms with Crippen LogP contribution in [0.15, 0.2) is 17.1 Å². The van der Waals surface area contributed by atoms with Crippen molar-refractivity contribution in [3.05, 3.63) is 28.2 Å². The highest BCUT2D eigenvalue weighted by atomic mass is 16.5. The lowest BCUT2D eigenvalue weighted by atomic mass is 9.88. The summed E-state index contributed by atoms with van der Waals surface area (Å²) in [6.07, 6.45) is 8.97. The molecule has 2 N–H and O–H groups in total. The van der Waals surface area contributed by atoms with Gasteiger partial charge in [-0.2, -0.15) is 0 Å². The fourth-order valence-corrected chi connectivity index (χ4v) is 2.85. The van der Waals surface area contributed by atoms with Gasteiger partial charge in [0, 0.05) is 18.8 Å². The number of nitrogens with zero attached hydrogens (tertiary/aromatic N) is 1. The number of nitrogen functional groups attached to an aromatic ring is 1. The number of hydrogen-bond acceptors (Lipinski definition) is 3. The van der Waals surface area contributed by atoms with E-state index in [0.29, 0.717) is 17.7 Å². The van der Waals surface area contributed by atoms with Crippen molar-refractivity contribution in [2.24, 2.45) is 0 Å². The number of aromatic nitrogens is 1. The Kier molecular flexibility index (Phi) is 3.83. The van der Waals surface area contributed by atoms with E-state index < -0.39 is 0 Å². The third-order valence-electron chi connectivity index (χ3n) is 4.46. The second-order valence-electron chi connectivity index (χ2n) is 6.19. The van der Waals surface area contributed by atoms with Gasteiger partial charge in [-0.05, 0) is 49.7 Å². The Morgan fingerprint density at radius 1 is 1.40 bits per heavy atom. The highest BCUT2D eigenvalue weighted by Gasteiger charge is 2.33. The molecular formula is C16H24N2O2. The van der Waals surface area contributed by atoms with Gasteiger partial charge in [0.15, 0.2) is 0 Å². The lowest BCUT2D eigenvalue weighted by Crippen LogP contribution is -2.39. The van der Waals surface area contributed by atoms with E-state index in [4.69, 9.17) is 10.5 Å². The fraction of sp³-hybridized carbons (Fsp3) is 0.688. The first kappa shape index (κ1) is 13.7. The maximum absolute atomic E-state index is 12.2. The highest BCUT2D eigenvalue weighted by Crippen LogP contribution is 2.41. The second kappa shape index (κ2) is 5.60. The maximum Gasteiger partial charge on any atom is 0.273 e. The monoisotopic (exact) mass is 276 g/mol. The molecule has 2 fully saturated rings. The number of anilines is 1. The maximum atomic E-state index is 12.2. The number of nitrogens with two attached hydrogens (primary N) is 1. The Bertz CT molecular complexity index is 528. The van der Waals surface area contributed by atoms with Crippen molar-refractivity contribution in [1.82, 2.24) is 4.57 Å². The minimum Gasteiger partial charge on any atom is -0.394 e. The first-order valence-electron chi connectivity index (χ1n) is 7.82. The molecule has 2 saturated carbocycles. The molecule has 0 aromatic carbocycles. The lowest BCUT2D eigenvalue weighted by Gasteiger charge is -2.36. The van der Waals surface area contributed by atoms with Gasteiger partial charge >= 0.3 is 0 Å². The number of hydrogen-bond donors (Lipinski definition) is 1. The summed E-state index contributed by atoms with van der Waals surface area (Å²) in [5.41, 5.74) is 7.46. The van der Waals surface area contributed by atoms with Crippen LogP contribution >= 0.6 is 0 Å². The van der Waals surface area contributed by atoms with E-state index in [0.717, 1.165) is 32.3 Å². The van der Waals surface area contributed by atoms with Crippen molar-refractivity contribution < 1.29 is 4.74 Å². The van der Waals surface area contributed by atoms with Gasteiger partial charge in [0.2, 0.25) is 0 Å². The predicted molar refractivity (Wildman–Crippen MR) is 80.0 cm³/mol. The number of pyridine rings is 1. The molecule has 2 aliphatic rings. The fourth-order valence-electron chi connectivity index (χ4n) is 2.85. The van der Waals surface area contributed by atoms with Crippen LogP contribution < -0.4 is 11.3 Å². The summed E-state index contributed by atoms with van der Waals surface area (Å²) < 4.78 is 7.63. The molecule has 1 heterocycles. The molecule has 1 aromatic heterocycles. The topological polar surface area (TPSA) is 57.2 Å². The highest BCUT2D eigenvalue weighted by molar-refractivity contribution is 5.40. The van der Waals surface area contributed by atoms with Gasteiger partial charge in [-0.15, -0.1) is 0 Å². The third kappa shape index (κ3) is 2.75. The molecule has 3 rings (SSSR count). The molecule has 20 heavy (non-hydrogen) atoms. The molecule has 110 valence electrons. The van der Waals surface area contributed by atoms with Gasteiger partial charge in [-0.1, -0.05) is 13.3 Å². The Hall–Kier alpha value is -1.29. The molecule has 0 saturated heterocycles. The number of unbranched alkanes of at least 4 members (excludes halogenated alkanes) is 1. The molecule has 1 aromatic rings. The zero-order valence-electron chi connectivity index (χ0n) is 12.2. The molecular weight excluding hydrogens is 252 g/mol. The van der Waals surface area contributed by atoms with Crippen molar-refractivity contribution in [1.29, 1.82) is 0 Å². The van der Waals surface area contributed by atoms with Gasteiger partial charge in [-0.25, -0.2) is 0 Å². The Labute approximate surface area is 119 Å². The van der Waals surface area contributed by atoms with Crippen molar-refractivity contribution in [2.75, 3.05) is 12.3 Å². The van der Waals surface area contributed by atoms with Crippen LogP contribution in [0.5, 0.6) is 0 Å². The van der Waals surface area contributed by atoms with Gasteiger partial charge in [0.25, 0.3) is 5.56 Å². The number of rotatable bonds is 6. The lowest BCUT2D eigenvalue weighted by molar-refractivity contribution is -0.0276.